The monoisotopic (exact) mass is 300 g/mol. The van der Waals surface area contributed by atoms with E-state index in [1.54, 1.807) is 0 Å². The molecular formula is C13H8ClF3N2O. The molecule has 3 N–H and O–H groups in total. The zero-order valence-electron chi connectivity index (χ0n) is 9.88. The molecule has 2 rings (SSSR count). The fourth-order valence-corrected chi connectivity index (χ4v) is 1.73. The minimum absolute atomic E-state index is 0.181. The van der Waals surface area contributed by atoms with Gasteiger partial charge in [0.25, 0.3) is 5.91 Å². The van der Waals surface area contributed by atoms with Gasteiger partial charge in [0.1, 0.15) is 11.6 Å². The van der Waals surface area contributed by atoms with E-state index in [4.69, 9.17) is 17.3 Å². The lowest BCUT2D eigenvalue weighted by Crippen LogP contribution is -2.16. The second-order valence-electron chi connectivity index (χ2n) is 3.93. The fourth-order valence-electron chi connectivity index (χ4n) is 1.56. The van der Waals surface area contributed by atoms with E-state index in [0.717, 1.165) is 18.2 Å². The second kappa shape index (κ2) is 5.42. The molecule has 2 aromatic rings. The lowest BCUT2D eigenvalue weighted by Gasteiger charge is -2.09. The highest BCUT2D eigenvalue weighted by Gasteiger charge is 2.17. The quantitative estimate of drug-likeness (QED) is 0.833. The van der Waals surface area contributed by atoms with Crippen molar-refractivity contribution in [3.8, 4) is 0 Å². The Kier molecular flexibility index (Phi) is 3.85. The van der Waals surface area contributed by atoms with Crippen molar-refractivity contribution in [1.82, 2.24) is 0 Å². The Hall–Kier alpha value is -2.21. The summed E-state index contributed by atoms with van der Waals surface area (Å²) in [4.78, 5) is 11.8. The van der Waals surface area contributed by atoms with E-state index >= 15 is 0 Å². The summed E-state index contributed by atoms with van der Waals surface area (Å²) < 4.78 is 40.2. The van der Waals surface area contributed by atoms with Gasteiger partial charge in [0.2, 0.25) is 0 Å². The van der Waals surface area contributed by atoms with Crippen molar-refractivity contribution < 1.29 is 18.0 Å². The average Bonchev–Trinajstić information content (AvgIpc) is 2.38. The lowest BCUT2D eigenvalue weighted by atomic mass is 10.1. The Balaban J connectivity index is 2.35. The van der Waals surface area contributed by atoms with Crippen molar-refractivity contribution in [2.45, 2.75) is 0 Å². The number of rotatable bonds is 2. The molecule has 0 heterocycles. The third-order valence-corrected chi connectivity index (χ3v) is 2.72. The second-order valence-corrected chi connectivity index (χ2v) is 4.37. The van der Waals surface area contributed by atoms with Crippen LogP contribution in [-0.4, -0.2) is 5.91 Å². The number of anilines is 2. The van der Waals surface area contributed by atoms with Gasteiger partial charge in [-0.1, -0.05) is 11.6 Å². The van der Waals surface area contributed by atoms with E-state index in [2.05, 4.69) is 5.32 Å². The molecule has 0 bridgehead atoms. The van der Waals surface area contributed by atoms with Crippen LogP contribution in [0.2, 0.25) is 5.02 Å². The summed E-state index contributed by atoms with van der Waals surface area (Å²) in [6.45, 7) is 0. The number of nitrogens with two attached hydrogens (primary N) is 1. The highest BCUT2D eigenvalue weighted by atomic mass is 35.5. The van der Waals surface area contributed by atoms with Crippen molar-refractivity contribution in [3.63, 3.8) is 0 Å². The Morgan fingerprint density at radius 1 is 1.15 bits per heavy atom. The third-order valence-electron chi connectivity index (χ3n) is 2.49. The van der Waals surface area contributed by atoms with Gasteiger partial charge < -0.3 is 11.1 Å². The SMILES string of the molecule is Nc1cc(F)cc(C(=O)Nc2cc(Cl)ccc2F)c1F. The van der Waals surface area contributed by atoms with Crippen LogP contribution in [0.25, 0.3) is 0 Å². The van der Waals surface area contributed by atoms with Gasteiger partial charge in [-0.25, -0.2) is 13.2 Å². The molecule has 7 heteroatoms. The maximum atomic E-state index is 13.6. The van der Waals surface area contributed by atoms with Crippen LogP contribution in [0.4, 0.5) is 24.5 Å². The Morgan fingerprint density at radius 2 is 1.85 bits per heavy atom. The van der Waals surface area contributed by atoms with Crippen molar-refractivity contribution in [2.24, 2.45) is 0 Å². The first-order chi connectivity index (χ1) is 9.38. The third kappa shape index (κ3) is 2.85. The van der Waals surface area contributed by atoms with E-state index in [0.29, 0.717) is 6.07 Å². The van der Waals surface area contributed by atoms with Crippen molar-refractivity contribution in [1.29, 1.82) is 0 Å². The first-order valence-corrected chi connectivity index (χ1v) is 5.77. The number of hydrogen-bond acceptors (Lipinski definition) is 2. The standard InChI is InChI=1S/C13H8ClF3N2O/c14-6-1-2-9(16)11(3-6)19-13(20)8-4-7(15)5-10(18)12(8)17/h1-5H,18H2,(H,19,20). The van der Waals surface area contributed by atoms with Crippen molar-refractivity contribution in [2.75, 3.05) is 11.1 Å². The fraction of sp³-hybridized carbons (Fsp3) is 0. The lowest BCUT2D eigenvalue weighted by molar-refractivity contribution is 0.102. The first-order valence-electron chi connectivity index (χ1n) is 5.39. The number of carbonyl (C=O) groups excluding carboxylic acids is 1. The van der Waals surface area contributed by atoms with Crippen molar-refractivity contribution >= 4 is 28.9 Å². The smallest absolute Gasteiger partial charge is 0.258 e. The highest BCUT2D eigenvalue weighted by molar-refractivity contribution is 6.31. The average molecular weight is 301 g/mol. The number of carbonyl (C=O) groups is 1. The summed E-state index contributed by atoms with van der Waals surface area (Å²) in [6, 6.07) is 4.88. The summed E-state index contributed by atoms with van der Waals surface area (Å²) in [5.74, 6) is -3.74. The molecule has 0 aromatic heterocycles. The molecule has 0 fully saturated rings. The molecule has 3 nitrogen and oxygen atoms in total. The van der Waals surface area contributed by atoms with Gasteiger partial charge in [0, 0.05) is 5.02 Å². The van der Waals surface area contributed by atoms with Crippen LogP contribution in [0, 0.1) is 17.5 Å². The van der Waals surface area contributed by atoms with Crippen LogP contribution in [0.1, 0.15) is 10.4 Å². The molecule has 0 aliphatic carbocycles. The summed E-state index contributed by atoms with van der Waals surface area (Å²) in [5.41, 5.74) is 3.84. The molecular weight excluding hydrogens is 293 g/mol. The zero-order chi connectivity index (χ0) is 14.9. The number of benzene rings is 2. The van der Waals surface area contributed by atoms with Gasteiger partial charge in [-0.3, -0.25) is 4.79 Å². The molecule has 0 saturated carbocycles. The van der Waals surface area contributed by atoms with Crippen LogP contribution in [0.5, 0.6) is 0 Å². The van der Waals surface area contributed by atoms with E-state index in [9.17, 15) is 18.0 Å². The molecule has 0 aliphatic heterocycles. The van der Waals surface area contributed by atoms with Crippen molar-refractivity contribution in [3.05, 3.63) is 58.4 Å². The normalized spacial score (nSPS) is 10.4. The maximum absolute atomic E-state index is 13.6. The van der Waals surface area contributed by atoms with Crippen LogP contribution in [0.3, 0.4) is 0 Å². The zero-order valence-corrected chi connectivity index (χ0v) is 10.6. The van der Waals surface area contributed by atoms with Crippen LogP contribution in [0.15, 0.2) is 30.3 Å². The molecule has 0 unspecified atom stereocenters. The van der Waals surface area contributed by atoms with E-state index in [1.165, 1.54) is 6.07 Å². The molecule has 20 heavy (non-hydrogen) atoms. The van der Waals surface area contributed by atoms with E-state index in [1.807, 2.05) is 0 Å². The minimum Gasteiger partial charge on any atom is -0.396 e. The molecule has 0 atom stereocenters. The highest BCUT2D eigenvalue weighted by Crippen LogP contribution is 2.22. The summed E-state index contributed by atoms with van der Waals surface area (Å²) in [6.07, 6.45) is 0. The Morgan fingerprint density at radius 3 is 2.55 bits per heavy atom. The number of nitrogen functional groups attached to an aromatic ring is 1. The predicted molar refractivity (Wildman–Crippen MR) is 70.1 cm³/mol. The first kappa shape index (κ1) is 14.2. The van der Waals surface area contributed by atoms with Gasteiger partial charge in [-0.05, 0) is 30.3 Å². The molecule has 0 radical (unpaired) electrons. The van der Waals surface area contributed by atoms with Crippen LogP contribution < -0.4 is 11.1 Å². The molecule has 0 aliphatic rings. The van der Waals surface area contributed by atoms with Gasteiger partial charge in [-0.2, -0.15) is 0 Å². The predicted octanol–water partition coefficient (Wildman–Crippen LogP) is 3.59. The number of amides is 1. The van der Waals surface area contributed by atoms with Gasteiger partial charge in [-0.15, -0.1) is 0 Å². The van der Waals surface area contributed by atoms with Gasteiger partial charge >= 0.3 is 0 Å². The summed E-state index contributed by atoms with van der Waals surface area (Å²) >= 11 is 5.66. The van der Waals surface area contributed by atoms with Gasteiger partial charge in [0.15, 0.2) is 5.82 Å². The van der Waals surface area contributed by atoms with Gasteiger partial charge in [0.05, 0.1) is 16.9 Å². The maximum Gasteiger partial charge on any atom is 0.258 e. The Labute approximate surface area is 117 Å². The van der Waals surface area contributed by atoms with Crippen LogP contribution >= 0.6 is 11.6 Å². The molecule has 104 valence electrons. The summed E-state index contributed by atoms with van der Waals surface area (Å²) in [7, 11) is 0. The number of halogens is 4. The largest absolute Gasteiger partial charge is 0.396 e. The van der Waals surface area contributed by atoms with E-state index in [-0.39, 0.29) is 10.7 Å². The minimum atomic E-state index is -1.08. The molecule has 2 aromatic carbocycles. The number of nitrogens with one attached hydrogen (secondary N) is 1. The topological polar surface area (TPSA) is 55.1 Å². The van der Waals surface area contributed by atoms with E-state index < -0.39 is 34.6 Å². The summed E-state index contributed by atoms with van der Waals surface area (Å²) in [5, 5.41) is 2.28. The molecule has 0 spiro atoms. The molecule has 1 amide bonds. The van der Waals surface area contributed by atoms with Crippen LogP contribution in [-0.2, 0) is 0 Å². The molecule has 0 saturated heterocycles. The number of hydrogen-bond donors (Lipinski definition) is 2. The Bertz CT molecular complexity index is 692.